The third-order valence-electron chi connectivity index (χ3n) is 5.09. The Balaban J connectivity index is 1.61. The summed E-state index contributed by atoms with van der Waals surface area (Å²) in [6, 6.07) is 13.9. The van der Waals surface area contributed by atoms with Crippen LogP contribution in [-0.2, 0) is 9.53 Å². The number of hydrogen-bond donors (Lipinski definition) is 2. The van der Waals surface area contributed by atoms with Gasteiger partial charge in [-0.25, -0.2) is 10.2 Å². The number of rotatable bonds is 9. The van der Waals surface area contributed by atoms with E-state index in [1.165, 1.54) is 18.3 Å². The van der Waals surface area contributed by atoms with Crippen LogP contribution in [0.1, 0.15) is 47.2 Å². The Morgan fingerprint density at radius 2 is 1.78 bits per heavy atom. The SMILES string of the molecule is CCOC(=O)c1ccc(-c2ccc(/C=N/NC(=O)C(NC(=O)c3ccc(Cl)cc3Cl)C(C)C)o2)cc1. The van der Waals surface area contributed by atoms with Crippen molar-refractivity contribution in [2.24, 2.45) is 11.0 Å². The summed E-state index contributed by atoms with van der Waals surface area (Å²) in [4.78, 5) is 37.1. The van der Waals surface area contributed by atoms with Crippen LogP contribution in [0.15, 0.2) is 64.1 Å². The highest BCUT2D eigenvalue weighted by Crippen LogP contribution is 2.23. The van der Waals surface area contributed by atoms with Crippen molar-refractivity contribution in [3.8, 4) is 11.3 Å². The topological polar surface area (TPSA) is 110 Å². The van der Waals surface area contributed by atoms with Crippen LogP contribution < -0.4 is 10.7 Å². The molecule has 3 aromatic rings. The summed E-state index contributed by atoms with van der Waals surface area (Å²) >= 11 is 12.0. The molecule has 0 radical (unpaired) electrons. The van der Waals surface area contributed by atoms with Gasteiger partial charge in [-0.15, -0.1) is 0 Å². The van der Waals surface area contributed by atoms with E-state index in [-0.39, 0.29) is 22.5 Å². The molecule has 2 amide bonds. The van der Waals surface area contributed by atoms with Crippen molar-refractivity contribution in [3.05, 3.63) is 81.5 Å². The minimum Gasteiger partial charge on any atom is -0.462 e. The third kappa shape index (κ3) is 6.96. The fourth-order valence-electron chi connectivity index (χ4n) is 3.22. The maximum Gasteiger partial charge on any atom is 0.338 e. The zero-order chi connectivity index (χ0) is 26.2. The predicted octanol–water partition coefficient (Wildman–Crippen LogP) is 5.33. The van der Waals surface area contributed by atoms with Crippen LogP contribution in [0.4, 0.5) is 0 Å². The fourth-order valence-corrected chi connectivity index (χ4v) is 3.71. The van der Waals surface area contributed by atoms with E-state index in [0.29, 0.717) is 28.7 Å². The molecule has 0 spiro atoms. The Hall–Kier alpha value is -3.62. The normalized spacial score (nSPS) is 11.9. The first kappa shape index (κ1) is 27.0. The molecule has 0 aliphatic carbocycles. The van der Waals surface area contributed by atoms with Crippen LogP contribution in [0.25, 0.3) is 11.3 Å². The van der Waals surface area contributed by atoms with E-state index in [0.717, 1.165) is 5.56 Å². The number of furan rings is 1. The molecule has 1 heterocycles. The van der Waals surface area contributed by atoms with Crippen molar-refractivity contribution in [1.29, 1.82) is 0 Å². The number of amides is 2. The Morgan fingerprint density at radius 3 is 2.42 bits per heavy atom. The van der Waals surface area contributed by atoms with E-state index in [4.69, 9.17) is 32.4 Å². The highest BCUT2D eigenvalue weighted by Gasteiger charge is 2.25. The Labute approximate surface area is 218 Å². The predicted molar refractivity (Wildman–Crippen MR) is 138 cm³/mol. The molecule has 36 heavy (non-hydrogen) atoms. The van der Waals surface area contributed by atoms with Gasteiger partial charge in [0.25, 0.3) is 11.8 Å². The average molecular weight is 530 g/mol. The molecule has 2 N–H and O–H groups in total. The number of nitrogens with zero attached hydrogens (tertiary/aromatic N) is 1. The van der Waals surface area contributed by atoms with Crippen molar-refractivity contribution < 1.29 is 23.5 Å². The lowest BCUT2D eigenvalue weighted by atomic mass is 10.0. The number of hydrogen-bond acceptors (Lipinski definition) is 6. The number of carbonyl (C=O) groups is 3. The van der Waals surface area contributed by atoms with Gasteiger partial charge in [0.1, 0.15) is 17.6 Å². The Morgan fingerprint density at radius 1 is 1.06 bits per heavy atom. The standard InChI is InChI=1S/C26H25Cl2N3O5/c1-4-35-26(34)17-7-5-16(6-8-17)22-12-10-19(36-22)14-29-31-25(33)23(15(2)3)30-24(32)20-11-9-18(27)13-21(20)28/h5-15,23H,4H2,1-3H3,(H,30,32)(H,31,33)/b29-14+. The molecular weight excluding hydrogens is 505 g/mol. The second kappa shape index (κ2) is 12.4. The first-order valence-corrected chi connectivity index (χ1v) is 11.9. The van der Waals surface area contributed by atoms with Crippen LogP contribution in [0.5, 0.6) is 0 Å². The number of halogens is 2. The van der Waals surface area contributed by atoms with Crippen molar-refractivity contribution in [3.63, 3.8) is 0 Å². The Kier molecular flexibility index (Phi) is 9.27. The summed E-state index contributed by atoms with van der Waals surface area (Å²) in [7, 11) is 0. The third-order valence-corrected chi connectivity index (χ3v) is 5.63. The number of carbonyl (C=O) groups excluding carboxylic acids is 3. The molecule has 0 aliphatic rings. The molecule has 0 saturated carbocycles. The van der Waals surface area contributed by atoms with Gasteiger partial charge in [-0.3, -0.25) is 9.59 Å². The van der Waals surface area contributed by atoms with Gasteiger partial charge >= 0.3 is 5.97 Å². The first-order valence-electron chi connectivity index (χ1n) is 11.2. The molecule has 3 rings (SSSR count). The number of hydrazone groups is 1. The number of esters is 1. The van der Waals surface area contributed by atoms with E-state index in [1.807, 2.05) is 0 Å². The van der Waals surface area contributed by atoms with Crippen LogP contribution in [-0.4, -0.2) is 36.6 Å². The van der Waals surface area contributed by atoms with Crippen molar-refractivity contribution in [2.75, 3.05) is 6.61 Å². The lowest BCUT2D eigenvalue weighted by Crippen LogP contribution is -2.48. The van der Waals surface area contributed by atoms with Crippen molar-refractivity contribution in [2.45, 2.75) is 26.8 Å². The van der Waals surface area contributed by atoms with E-state index in [9.17, 15) is 14.4 Å². The van der Waals surface area contributed by atoms with E-state index < -0.39 is 17.9 Å². The number of ether oxygens (including phenoxy) is 1. The maximum atomic E-state index is 12.7. The van der Waals surface area contributed by atoms with Gasteiger partial charge in [0, 0.05) is 10.6 Å². The van der Waals surface area contributed by atoms with Crippen LogP contribution in [0.2, 0.25) is 10.0 Å². The zero-order valence-corrected chi connectivity index (χ0v) is 21.4. The first-order chi connectivity index (χ1) is 17.2. The van der Waals surface area contributed by atoms with E-state index in [2.05, 4.69) is 15.8 Å². The molecule has 0 saturated heterocycles. The number of nitrogens with one attached hydrogen (secondary N) is 2. The summed E-state index contributed by atoms with van der Waals surface area (Å²) in [5, 5.41) is 7.21. The van der Waals surface area contributed by atoms with Crippen molar-refractivity contribution in [1.82, 2.24) is 10.7 Å². The molecule has 10 heteroatoms. The van der Waals surface area contributed by atoms with Crippen LogP contribution in [0.3, 0.4) is 0 Å². The lowest BCUT2D eigenvalue weighted by molar-refractivity contribution is -0.123. The fraction of sp³-hybridized carbons (Fsp3) is 0.231. The minimum absolute atomic E-state index is 0.185. The summed E-state index contributed by atoms with van der Waals surface area (Å²) in [5.41, 5.74) is 3.84. The number of benzene rings is 2. The highest BCUT2D eigenvalue weighted by atomic mass is 35.5. The molecule has 1 aromatic heterocycles. The van der Waals surface area contributed by atoms with E-state index >= 15 is 0 Å². The molecular formula is C26H25Cl2N3O5. The lowest BCUT2D eigenvalue weighted by Gasteiger charge is -2.20. The molecule has 1 unspecified atom stereocenters. The van der Waals surface area contributed by atoms with Gasteiger partial charge in [-0.1, -0.05) is 49.2 Å². The Bertz CT molecular complexity index is 1270. The summed E-state index contributed by atoms with van der Waals surface area (Å²) in [6.45, 7) is 5.64. The molecule has 1 atom stereocenters. The molecule has 0 bridgehead atoms. The smallest absolute Gasteiger partial charge is 0.338 e. The summed E-state index contributed by atoms with van der Waals surface area (Å²) < 4.78 is 10.7. The monoisotopic (exact) mass is 529 g/mol. The van der Waals surface area contributed by atoms with Gasteiger partial charge in [0.15, 0.2) is 0 Å². The van der Waals surface area contributed by atoms with Crippen molar-refractivity contribution >= 4 is 47.2 Å². The zero-order valence-electron chi connectivity index (χ0n) is 19.9. The molecule has 0 fully saturated rings. The quantitative estimate of drug-likeness (QED) is 0.221. The summed E-state index contributed by atoms with van der Waals surface area (Å²) in [6.07, 6.45) is 1.35. The van der Waals surface area contributed by atoms with E-state index in [1.54, 1.807) is 63.2 Å². The van der Waals surface area contributed by atoms with Gasteiger partial charge in [0.05, 0.1) is 29.0 Å². The molecule has 0 aliphatic heterocycles. The van der Waals surface area contributed by atoms with Crippen LogP contribution >= 0.6 is 23.2 Å². The van der Waals surface area contributed by atoms with Gasteiger partial charge in [0.2, 0.25) is 0 Å². The van der Waals surface area contributed by atoms with Crippen LogP contribution in [0, 0.1) is 5.92 Å². The minimum atomic E-state index is -0.855. The van der Waals surface area contributed by atoms with Gasteiger partial charge in [-0.2, -0.15) is 5.10 Å². The highest BCUT2D eigenvalue weighted by molar-refractivity contribution is 6.36. The second-order valence-electron chi connectivity index (χ2n) is 8.05. The molecule has 8 nitrogen and oxygen atoms in total. The molecule has 2 aromatic carbocycles. The molecule has 188 valence electrons. The largest absolute Gasteiger partial charge is 0.462 e. The van der Waals surface area contributed by atoms with Gasteiger partial charge in [-0.05, 0) is 55.3 Å². The summed E-state index contributed by atoms with van der Waals surface area (Å²) in [5.74, 6) is -0.648. The average Bonchev–Trinajstić information content (AvgIpc) is 3.31. The maximum absolute atomic E-state index is 12.7. The second-order valence-corrected chi connectivity index (χ2v) is 8.90. The van der Waals surface area contributed by atoms with Gasteiger partial charge < -0.3 is 14.5 Å².